The lowest BCUT2D eigenvalue weighted by molar-refractivity contribution is -0.384. The van der Waals surface area contributed by atoms with Crippen LogP contribution in [0.15, 0.2) is 24.3 Å². The Morgan fingerprint density at radius 3 is 2.28 bits per heavy atom. The Balaban J connectivity index is 2.52. The van der Waals surface area contributed by atoms with Crippen LogP contribution in [0.5, 0.6) is 0 Å². The third kappa shape index (κ3) is 5.17. The van der Waals surface area contributed by atoms with Crippen molar-refractivity contribution in [1.82, 2.24) is 0 Å². The van der Waals surface area contributed by atoms with Crippen LogP contribution in [-0.4, -0.2) is 22.0 Å². The van der Waals surface area contributed by atoms with Gasteiger partial charge in [0.15, 0.2) is 5.12 Å². The van der Waals surface area contributed by atoms with E-state index in [1.54, 1.807) is 0 Å². The molecule has 0 heterocycles. The summed E-state index contributed by atoms with van der Waals surface area (Å²) in [5.74, 6) is -1.22. The lowest BCUT2D eigenvalue weighted by Gasteiger charge is -2.04. The lowest BCUT2D eigenvalue weighted by atomic mass is 10.1. The fraction of sp³-hybridized carbons (Fsp3) is 0.300. The van der Waals surface area contributed by atoms with Crippen LogP contribution < -0.4 is 0 Å². The average Bonchev–Trinajstić information content (AvgIpc) is 2.26. The van der Waals surface area contributed by atoms with Gasteiger partial charge < -0.3 is 0 Å². The summed E-state index contributed by atoms with van der Waals surface area (Å²) in [7, 11) is 0. The lowest BCUT2D eigenvalue weighted by Crippen LogP contribution is -2.13. The number of halogens is 3. The normalized spacial score (nSPS) is 11.3. The van der Waals surface area contributed by atoms with Gasteiger partial charge in [0, 0.05) is 18.6 Å². The summed E-state index contributed by atoms with van der Waals surface area (Å²) in [6.07, 6.45) is -4.56. The molecular weight excluding hydrogens is 271 g/mol. The summed E-state index contributed by atoms with van der Waals surface area (Å²) in [4.78, 5) is 21.0. The number of rotatable bonds is 4. The number of nitro benzene ring substituents is 1. The van der Waals surface area contributed by atoms with Gasteiger partial charge >= 0.3 is 6.18 Å². The Hall–Kier alpha value is -1.57. The minimum absolute atomic E-state index is 0.130. The molecule has 8 heteroatoms. The van der Waals surface area contributed by atoms with E-state index in [2.05, 4.69) is 0 Å². The quantitative estimate of drug-likeness (QED) is 0.628. The fourth-order valence-electron chi connectivity index (χ4n) is 1.12. The van der Waals surface area contributed by atoms with E-state index in [4.69, 9.17) is 0 Å². The van der Waals surface area contributed by atoms with Crippen molar-refractivity contribution in [1.29, 1.82) is 0 Å². The topological polar surface area (TPSA) is 60.2 Å². The largest absolute Gasteiger partial charge is 0.398 e. The molecule has 0 saturated carbocycles. The highest BCUT2D eigenvalue weighted by atomic mass is 32.2. The molecule has 0 unspecified atom stereocenters. The maximum absolute atomic E-state index is 11.8. The van der Waals surface area contributed by atoms with Crippen LogP contribution in [-0.2, 0) is 11.2 Å². The summed E-state index contributed by atoms with van der Waals surface area (Å²) in [6, 6.07) is 5.11. The molecule has 0 aromatic heterocycles. The zero-order chi connectivity index (χ0) is 13.8. The molecule has 0 aliphatic rings. The van der Waals surface area contributed by atoms with E-state index in [1.165, 1.54) is 24.3 Å². The summed E-state index contributed by atoms with van der Waals surface area (Å²) in [5.41, 5.74) is 0.314. The first-order valence-electron chi connectivity index (χ1n) is 4.73. The van der Waals surface area contributed by atoms with Gasteiger partial charge in [-0.05, 0) is 5.56 Å². The third-order valence-electron chi connectivity index (χ3n) is 1.89. The van der Waals surface area contributed by atoms with Crippen LogP contribution in [0.25, 0.3) is 0 Å². The maximum atomic E-state index is 11.8. The molecule has 1 rings (SSSR count). The zero-order valence-electron chi connectivity index (χ0n) is 8.94. The molecular formula is C10H8F3NO3S. The van der Waals surface area contributed by atoms with Crippen molar-refractivity contribution in [2.45, 2.75) is 12.6 Å². The van der Waals surface area contributed by atoms with Crippen molar-refractivity contribution in [2.24, 2.45) is 0 Å². The number of alkyl halides is 3. The van der Waals surface area contributed by atoms with Gasteiger partial charge in [-0.25, -0.2) is 0 Å². The minimum Gasteiger partial charge on any atom is -0.287 e. The first-order valence-corrected chi connectivity index (χ1v) is 5.72. The highest BCUT2D eigenvalue weighted by molar-refractivity contribution is 8.13. The third-order valence-corrected chi connectivity index (χ3v) is 2.83. The molecule has 1 aromatic carbocycles. The van der Waals surface area contributed by atoms with Crippen LogP contribution >= 0.6 is 11.8 Å². The highest BCUT2D eigenvalue weighted by Gasteiger charge is 2.28. The summed E-state index contributed by atoms with van der Waals surface area (Å²) < 4.78 is 35.5. The molecule has 0 amide bonds. The molecule has 0 radical (unpaired) electrons. The van der Waals surface area contributed by atoms with Gasteiger partial charge in [-0.15, -0.1) is 0 Å². The van der Waals surface area contributed by atoms with Gasteiger partial charge in [0.1, 0.15) is 0 Å². The first kappa shape index (κ1) is 14.5. The number of hydrogen-bond donors (Lipinski definition) is 0. The Bertz CT molecular complexity index is 445. The van der Waals surface area contributed by atoms with Crippen molar-refractivity contribution in [3.63, 3.8) is 0 Å². The second kappa shape index (κ2) is 5.85. The second-order valence-corrected chi connectivity index (χ2v) is 4.41. The Labute approximate surface area is 104 Å². The Morgan fingerprint density at radius 2 is 1.83 bits per heavy atom. The standard InChI is InChI=1S/C10H8F3NO3S/c11-10(12,13)6-18-9(15)5-7-1-3-8(4-2-7)14(16)17/h1-4H,5-6H2. The van der Waals surface area contributed by atoms with Crippen molar-refractivity contribution in [3.05, 3.63) is 39.9 Å². The average molecular weight is 279 g/mol. The highest BCUT2D eigenvalue weighted by Crippen LogP contribution is 2.22. The molecule has 0 fully saturated rings. The fourth-order valence-corrected chi connectivity index (χ4v) is 1.71. The van der Waals surface area contributed by atoms with Crippen LogP contribution in [0, 0.1) is 10.1 Å². The minimum atomic E-state index is -4.38. The zero-order valence-corrected chi connectivity index (χ0v) is 9.75. The molecule has 98 valence electrons. The maximum Gasteiger partial charge on any atom is 0.398 e. The number of nitro groups is 1. The number of carbonyl (C=O) groups is 1. The van der Waals surface area contributed by atoms with E-state index in [0.717, 1.165) is 0 Å². The molecule has 0 spiro atoms. The van der Waals surface area contributed by atoms with Crippen LogP contribution in [0.2, 0.25) is 0 Å². The predicted octanol–water partition coefficient (Wildman–Crippen LogP) is 2.96. The molecule has 0 aliphatic carbocycles. The summed E-state index contributed by atoms with van der Waals surface area (Å²) in [5, 5.41) is 9.73. The van der Waals surface area contributed by atoms with Crippen molar-refractivity contribution in [3.8, 4) is 0 Å². The van der Waals surface area contributed by atoms with E-state index in [-0.39, 0.29) is 23.9 Å². The summed E-state index contributed by atoms with van der Waals surface area (Å²) >= 11 is 0.191. The van der Waals surface area contributed by atoms with Crippen molar-refractivity contribution < 1.29 is 22.9 Å². The molecule has 0 N–H and O–H groups in total. The van der Waals surface area contributed by atoms with Crippen LogP contribution in [0.1, 0.15) is 5.56 Å². The number of carbonyl (C=O) groups excluding carboxylic acids is 1. The van der Waals surface area contributed by atoms with E-state index in [0.29, 0.717) is 5.56 Å². The van der Waals surface area contributed by atoms with E-state index < -0.39 is 22.0 Å². The van der Waals surface area contributed by atoms with Gasteiger partial charge in [0.25, 0.3) is 5.69 Å². The number of thioether (sulfide) groups is 1. The SMILES string of the molecule is O=C(Cc1ccc([N+](=O)[O-])cc1)SCC(F)(F)F. The molecule has 0 atom stereocenters. The molecule has 18 heavy (non-hydrogen) atoms. The number of hydrogen-bond acceptors (Lipinski definition) is 4. The van der Waals surface area contributed by atoms with Crippen LogP contribution in [0.4, 0.5) is 18.9 Å². The number of non-ortho nitro benzene ring substituents is 1. The molecule has 0 aliphatic heterocycles. The number of benzene rings is 1. The van der Waals surface area contributed by atoms with Crippen molar-refractivity contribution in [2.75, 3.05) is 5.75 Å². The van der Waals surface area contributed by atoms with Gasteiger partial charge in [0.2, 0.25) is 0 Å². The predicted molar refractivity (Wildman–Crippen MR) is 60.3 cm³/mol. The van der Waals surface area contributed by atoms with Crippen molar-refractivity contribution >= 4 is 22.6 Å². The Kier molecular flexibility index (Phi) is 4.71. The van der Waals surface area contributed by atoms with E-state index >= 15 is 0 Å². The smallest absolute Gasteiger partial charge is 0.287 e. The molecule has 0 bridgehead atoms. The summed E-state index contributed by atoms with van der Waals surface area (Å²) in [6.45, 7) is 0. The second-order valence-electron chi connectivity index (χ2n) is 3.38. The van der Waals surface area contributed by atoms with Gasteiger partial charge in [-0.1, -0.05) is 23.9 Å². The van der Waals surface area contributed by atoms with E-state index in [9.17, 15) is 28.1 Å². The van der Waals surface area contributed by atoms with E-state index in [1.807, 2.05) is 0 Å². The Morgan fingerprint density at radius 1 is 1.28 bits per heavy atom. The first-order chi connectivity index (χ1) is 8.28. The molecule has 1 aromatic rings. The number of nitrogens with zero attached hydrogens (tertiary/aromatic N) is 1. The molecule has 4 nitrogen and oxygen atoms in total. The van der Waals surface area contributed by atoms with Gasteiger partial charge in [-0.2, -0.15) is 13.2 Å². The molecule has 0 saturated heterocycles. The van der Waals surface area contributed by atoms with Gasteiger partial charge in [-0.3, -0.25) is 14.9 Å². The monoisotopic (exact) mass is 279 g/mol. The van der Waals surface area contributed by atoms with Crippen LogP contribution in [0.3, 0.4) is 0 Å². The van der Waals surface area contributed by atoms with Gasteiger partial charge in [0.05, 0.1) is 10.7 Å².